The van der Waals surface area contributed by atoms with Crippen molar-refractivity contribution in [2.24, 2.45) is 10.4 Å². The van der Waals surface area contributed by atoms with Crippen LogP contribution in [0.25, 0.3) is 0 Å². The average Bonchev–Trinajstić information content (AvgIpc) is 3.25. The molecule has 6 heteroatoms. The molecule has 0 aromatic carbocycles. The third-order valence-electron chi connectivity index (χ3n) is 5.50. The van der Waals surface area contributed by atoms with Crippen molar-refractivity contribution in [2.75, 3.05) is 26.2 Å². The molecule has 1 aliphatic heterocycles. The van der Waals surface area contributed by atoms with Gasteiger partial charge in [0.1, 0.15) is 5.76 Å². The topological polar surface area (TPSA) is 58.8 Å². The molecule has 142 valence electrons. The fourth-order valence-electron chi connectivity index (χ4n) is 3.50. The maximum absolute atomic E-state index is 5.71. The van der Waals surface area contributed by atoms with E-state index < -0.39 is 0 Å². The molecule has 2 fully saturated rings. The summed E-state index contributed by atoms with van der Waals surface area (Å²) in [7, 11) is 0. The molecule has 2 heterocycles. The summed E-state index contributed by atoms with van der Waals surface area (Å²) < 4.78 is 11.1. The van der Waals surface area contributed by atoms with E-state index in [2.05, 4.69) is 17.6 Å². The van der Waals surface area contributed by atoms with Crippen LogP contribution in [0.15, 0.2) is 27.8 Å². The highest BCUT2D eigenvalue weighted by Gasteiger charge is 2.34. The van der Waals surface area contributed by atoms with E-state index >= 15 is 0 Å². The molecular formula is C19H32IN3O2. The summed E-state index contributed by atoms with van der Waals surface area (Å²) in [5.74, 6) is 1.92. The van der Waals surface area contributed by atoms with E-state index in [1.165, 1.54) is 32.1 Å². The molecule has 1 unspecified atom stereocenters. The van der Waals surface area contributed by atoms with Gasteiger partial charge in [-0.15, -0.1) is 24.0 Å². The van der Waals surface area contributed by atoms with Gasteiger partial charge in [0.2, 0.25) is 0 Å². The highest BCUT2D eigenvalue weighted by Crippen LogP contribution is 2.43. The number of hydrogen-bond acceptors (Lipinski definition) is 3. The minimum absolute atomic E-state index is 0. The molecule has 5 nitrogen and oxygen atoms in total. The SMILES string of the molecule is CCC1(CN=C(NCCc2ccco2)NCC2CCCO2)CCC1.I. The summed E-state index contributed by atoms with van der Waals surface area (Å²) in [5, 5.41) is 6.92. The monoisotopic (exact) mass is 461 g/mol. The van der Waals surface area contributed by atoms with Gasteiger partial charge in [0, 0.05) is 32.7 Å². The number of nitrogens with zero attached hydrogens (tertiary/aromatic N) is 1. The predicted octanol–water partition coefficient (Wildman–Crippen LogP) is 3.73. The van der Waals surface area contributed by atoms with Crippen LogP contribution in [0.4, 0.5) is 0 Å². The Hall–Kier alpha value is -0.760. The van der Waals surface area contributed by atoms with Gasteiger partial charge >= 0.3 is 0 Å². The van der Waals surface area contributed by atoms with Crippen molar-refractivity contribution in [3.05, 3.63) is 24.2 Å². The smallest absolute Gasteiger partial charge is 0.191 e. The Morgan fingerprint density at radius 1 is 1.32 bits per heavy atom. The standard InChI is InChI=1S/C19H31N3O2.HI/c1-2-19(9-5-10-19)15-22-18(21-14-17-7-4-13-24-17)20-11-8-16-6-3-12-23-16;/h3,6,12,17H,2,4-5,7-11,13-15H2,1H3,(H2,20,21,22);1H. The lowest BCUT2D eigenvalue weighted by Gasteiger charge is -2.40. The number of ether oxygens (including phenoxy) is 1. The van der Waals surface area contributed by atoms with Crippen molar-refractivity contribution in [3.63, 3.8) is 0 Å². The zero-order valence-electron chi connectivity index (χ0n) is 15.3. The van der Waals surface area contributed by atoms with E-state index in [1.807, 2.05) is 12.1 Å². The van der Waals surface area contributed by atoms with Gasteiger partial charge in [-0.25, -0.2) is 0 Å². The minimum atomic E-state index is 0. The number of furan rings is 1. The van der Waals surface area contributed by atoms with Crippen molar-refractivity contribution in [2.45, 2.75) is 58.0 Å². The molecule has 1 aromatic rings. The quantitative estimate of drug-likeness (QED) is 0.352. The fraction of sp³-hybridized carbons (Fsp3) is 0.737. The van der Waals surface area contributed by atoms with Crippen LogP contribution in [0.2, 0.25) is 0 Å². The van der Waals surface area contributed by atoms with E-state index in [1.54, 1.807) is 6.26 Å². The van der Waals surface area contributed by atoms with Crippen LogP contribution in [0.3, 0.4) is 0 Å². The van der Waals surface area contributed by atoms with Crippen molar-refractivity contribution in [3.8, 4) is 0 Å². The molecule has 1 saturated heterocycles. The van der Waals surface area contributed by atoms with Gasteiger partial charge in [-0.05, 0) is 49.7 Å². The maximum atomic E-state index is 5.71. The van der Waals surface area contributed by atoms with E-state index in [0.29, 0.717) is 11.5 Å². The van der Waals surface area contributed by atoms with Gasteiger partial charge < -0.3 is 19.8 Å². The second-order valence-corrected chi connectivity index (χ2v) is 7.14. The van der Waals surface area contributed by atoms with Crippen LogP contribution in [0, 0.1) is 5.41 Å². The molecule has 0 amide bonds. The first-order valence-corrected chi connectivity index (χ1v) is 9.46. The Morgan fingerprint density at radius 2 is 2.20 bits per heavy atom. The Balaban J connectivity index is 0.00000225. The molecule has 2 aliphatic rings. The number of guanidine groups is 1. The Labute approximate surface area is 168 Å². The fourth-order valence-corrected chi connectivity index (χ4v) is 3.50. The second-order valence-electron chi connectivity index (χ2n) is 7.14. The van der Waals surface area contributed by atoms with Crippen LogP contribution >= 0.6 is 24.0 Å². The summed E-state index contributed by atoms with van der Waals surface area (Å²) in [6.07, 6.45) is 10.4. The third kappa shape index (κ3) is 6.16. The highest BCUT2D eigenvalue weighted by atomic mass is 127. The first-order valence-electron chi connectivity index (χ1n) is 9.46. The number of halogens is 1. The first kappa shape index (κ1) is 20.6. The third-order valence-corrected chi connectivity index (χ3v) is 5.50. The lowest BCUT2D eigenvalue weighted by Crippen LogP contribution is -2.43. The molecule has 1 saturated carbocycles. The van der Waals surface area contributed by atoms with Crippen molar-refractivity contribution >= 4 is 29.9 Å². The molecule has 0 bridgehead atoms. The van der Waals surface area contributed by atoms with Gasteiger partial charge in [-0.1, -0.05) is 13.3 Å². The summed E-state index contributed by atoms with van der Waals surface area (Å²) in [4.78, 5) is 4.88. The molecule has 3 rings (SSSR count). The first-order chi connectivity index (χ1) is 11.8. The molecule has 0 radical (unpaired) electrons. The minimum Gasteiger partial charge on any atom is -0.469 e. The number of aliphatic imine (C=N–C) groups is 1. The number of rotatable bonds is 8. The van der Waals surface area contributed by atoms with Gasteiger partial charge in [0.15, 0.2) is 5.96 Å². The summed E-state index contributed by atoms with van der Waals surface area (Å²) in [5.41, 5.74) is 0.444. The maximum Gasteiger partial charge on any atom is 0.191 e. The van der Waals surface area contributed by atoms with Crippen LogP contribution in [0.1, 0.15) is 51.2 Å². The van der Waals surface area contributed by atoms with Crippen LogP contribution in [-0.2, 0) is 11.2 Å². The van der Waals surface area contributed by atoms with Crippen LogP contribution in [-0.4, -0.2) is 38.3 Å². The summed E-state index contributed by atoms with van der Waals surface area (Å²) in [6, 6.07) is 3.94. The van der Waals surface area contributed by atoms with Crippen LogP contribution in [0.5, 0.6) is 0 Å². The number of nitrogens with one attached hydrogen (secondary N) is 2. The Kier molecular flexibility index (Phi) is 8.55. The zero-order valence-corrected chi connectivity index (χ0v) is 17.6. The average molecular weight is 461 g/mol. The lowest BCUT2D eigenvalue weighted by atomic mass is 9.67. The lowest BCUT2D eigenvalue weighted by molar-refractivity contribution is 0.113. The van der Waals surface area contributed by atoms with Crippen molar-refractivity contribution in [1.29, 1.82) is 0 Å². The summed E-state index contributed by atoms with van der Waals surface area (Å²) >= 11 is 0. The van der Waals surface area contributed by atoms with E-state index in [0.717, 1.165) is 50.8 Å². The second kappa shape index (κ2) is 10.4. The molecule has 25 heavy (non-hydrogen) atoms. The molecule has 1 atom stereocenters. The van der Waals surface area contributed by atoms with Gasteiger partial charge in [0.25, 0.3) is 0 Å². The van der Waals surface area contributed by atoms with Crippen LogP contribution < -0.4 is 10.6 Å². The normalized spacial score (nSPS) is 22.1. The van der Waals surface area contributed by atoms with E-state index in [-0.39, 0.29) is 24.0 Å². The van der Waals surface area contributed by atoms with Gasteiger partial charge in [0.05, 0.1) is 12.4 Å². The Morgan fingerprint density at radius 3 is 2.80 bits per heavy atom. The Bertz CT molecular complexity index is 503. The highest BCUT2D eigenvalue weighted by molar-refractivity contribution is 14.0. The molecule has 2 N–H and O–H groups in total. The van der Waals surface area contributed by atoms with Gasteiger partial charge in [-0.3, -0.25) is 4.99 Å². The van der Waals surface area contributed by atoms with E-state index in [4.69, 9.17) is 14.1 Å². The zero-order chi connectivity index (χ0) is 16.7. The van der Waals surface area contributed by atoms with Crippen molar-refractivity contribution in [1.82, 2.24) is 10.6 Å². The van der Waals surface area contributed by atoms with E-state index in [9.17, 15) is 0 Å². The molecule has 1 aromatic heterocycles. The largest absolute Gasteiger partial charge is 0.469 e. The van der Waals surface area contributed by atoms with Gasteiger partial charge in [-0.2, -0.15) is 0 Å². The predicted molar refractivity (Wildman–Crippen MR) is 112 cm³/mol. The van der Waals surface area contributed by atoms with Crippen molar-refractivity contribution < 1.29 is 9.15 Å². The number of hydrogen-bond donors (Lipinski definition) is 2. The molecular weight excluding hydrogens is 429 g/mol. The summed E-state index contributed by atoms with van der Waals surface area (Å²) in [6.45, 7) is 5.77. The molecule has 1 aliphatic carbocycles. The molecule has 0 spiro atoms.